The summed E-state index contributed by atoms with van der Waals surface area (Å²) in [6.45, 7) is -0.160. The number of ether oxygens (including phenoxy) is 2. The van der Waals surface area contributed by atoms with Gasteiger partial charge in [0.25, 0.3) is 11.8 Å². The molecule has 2 aromatic rings. The monoisotopic (exact) mass is 389 g/mol. The standard InChI is InChI=1S/C18H19N3O7/c1-26-10-8-19-18(25)21-15(22)11-28-17(24)12-5-2-3-6-13(12)20-16(23)14-7-4-9-27-14/h2-7,9H,8,10-11H2,1H3,(H,20,23)(H2,19,21,22,25). The number of amides is 4. The van der Waals surface area contributed by atoms with E-state index in [1.807, 2.05) is 5.32 Å². The first-order chi connectivity index (χ1) is 13.5. The molecule has 0 radical (unpaired) electrons. The summed E-state index contributed by atoms with van der Waals surface area (Å²) in [7, 11) is 1.47. The van der Waals surface area contributed by atoms with Crippen LogP contribution in [0, 0.1) is 0 Å². The van der Waals surface area contributed by atoms with E-state index in [4.69, 9.17) is 13.9 Å². The van der Waals surface area contributed by atoms with Crippen molar-refractivity contribution in [2.45, 2.75) is 0 Å². The number of imide groups is 1. The van der Waals surface area contributed by atoms with Crippen molar-refractivity contribution >= 4 is 29.5 Å². The Morgan fingerprint density at radius 2 is 1.86 bits per heavy atom. The van der Waals surface area contributed by atoms with Crippen molar-refractivity contribution in [2.75, 3.05) is 32.2 Å². The normalized spacial score (nSPS) is 10.0. The molecule has 4 amide bonds. The predicted molar refractivity (Wildman–Crippen MR) is 96.8 cm³/mol. The molecule has 0 unspecified atom stereocenters. The molecule has 0 fully saturated rings. The Morgan fingerprint density at radius 3 is 2.57 bits per heavy atom. The number of esters is 1. The number of hydrogen-bond donors (Lipinski definition) is 3. The molecule has 0 bridgehead atoms. The van der Waals surface area contributed by atoms with Crippen molar-refractivity contribution in [3.63, 3.8) is 0 Å². The van der Waals surface area contributed by atoms with E-state index in [0.29, 0.717) is 0 Å². The Kier molecular flexibility index (Phi) is 7.73. The van der Waals surface area contributed by atoms with E-state index >= 15 is 0 Å². The predicted octanol–water partition coefficient (Wildman–Crippen LogP) is 1.16. The molecular formula is C18H19N3O7. The highest BCUT2D eigenvalue weighted by atomic mass is 16.5. The average molecular weight is 389 g/mol. The minimum absolute atomic E-state index is 0.0414. The van der Waals surface area contributed by atoms with Gasteiger partial charge in [-0.1, -0.05) is 12.1 Å². The van der Waals surface area contributed by atoms with Crippen LogP contribution in [0.1, 0.15) is 20.9 Å². The second-order valence-corrected chi connectivity index (χ2v) is 5.35. The summed E-state index contributed by atoms with van der Waals surface area (Å²) in [5.74, 6) is -2.12. The van der Waals surface area contributed by atoms with E-state index < -0.39 is 30.4 Å². The lowest BCUT2D eigenvalue weighted by Gasteiger charge is -2.10. The van der Waals surface area contributed by atoms with Crippen LogP contribution in [0.2, 0.25) is 0 Å². The molecule has 0 spiro atoms. The van der Waals surface area contributed by atoms with Crippen LogP contribution in [0.3, 0.4) is 0 Å². The molecule has 2 rings (SSSR count). The fourth-order valence-corrected chi connectivity index (χ4v) is 2.04. The van der Waals surface area contributed by atoms with Gasteiger partial charge in [0.05, 0.1) is 24.1 Å². The first-order valence-corrected chi connectivity index (χ1v) is 8.19. The summed E-state index contributed by atoms with van der Waals surface area (Å²) in [6.07, 6.45) is 1.35. The van der Waals surface area contributed by atoms with Crippen molar-refractivity contribution in [1.29, 1.82) is 0 Å². The summed E-state index contributed by atoms with van der Waals surface area (Å²) in [5, 5.41) is 6.92. The molecule has 148 valence electrons. The number of para-hydroxylation sites is 1. The Labute approximate surface area is 160 Å². The van der Waals surface area contributed by atoms with Gasteiger partial charge in [-0.2, -0.15) is 0 Å². The lowest BCUT2D eigenvalue weighted by Crippen LogP contribution is -2.42. The number of hydrogen-bond acceptors (Lipinski definition) is 7. The van der Waals surface area contributed by atoms with Gasteiger partial charge in [0, 0.05) is 13.7 Å². The molecule has 1 aromatic carbocycles. The Morgan fingerprint density at radius 1 is 1.07 bits per heavy atom. The highest BCUT2D eigenvalue weighted by Crippen LogP contribution is 2.17. The number of nitrogens with one attached hydrogen (secondary N) is 3. The van der Waals surface area contributed by atoms with Gasteiger partial charge in [-0.05, 0) is 24.3 Å². The Hall–Kier alpha value is -3.66. The molecule has 10 heteroatoms. The summed E-state index contributed by atoms with van der Waals surface area (Å²) >= 11 is 0. The van der Waals surface area contributed by atoms with Crippen molar-refractivity contribution < 1.29 is 33.1 Å². The first kappa shape index (κ1) is 20.6. The van der Waals surface area contributed by atoms with Gasteiger partial charge in [-0.3, -0.25) is 14.9 Å². The van der Waals surface area contributed by atoms with Crippen LogP contribution in [0.5, 0.6) is 0 Å². The van der Waals surface area contributed by atoms with Gasteiger partial charge in [0.1, 0.15) is 0 Å². The van der Waals surface area contributed by atoms with Crippen LogP contribution in [0.15, 0.2) is 47.1 Å². The van der Waals surface area contributed by atoms with E-state index in [1.165, 1.54) is 31.6 Å². The number of anilines is 1. The molecule has 0 atom stereocenters. The molecule has 0 saturated carbocycles. The highest BCUT2D eigenvalue weighted by Gasteiger charge is 2.18. The topological polar surface area (TPSA) is 136 Å². The van der Waals surface area contributed by atoms with Gasteiger partial charge >= 0.3 is 12.0 Å². The zero-order chi connectivity index (χ0) is 20.4. The maximum Gasteiger partial charge on any atom is 0.340 e. The fraction of sp³-hybridized carbons (Fsp3) is 0.222. The van der Waals surface area contributed by atoms with Gasteiger partial charge in [0.15, 0.2) is 12.4 Å². The number of carbonyl (C=O) groups excluding carboxylic acids is 4. The lowest BCUT2D eigenvalue weighted by molar-refractivity contribution is -0.123. The van der Waals surface area contributed by atoms with Crippen molar-refractivity contribution in [2.24, 2.45) is 0 Å². The van der Waals surface area contributed by atoms with E-state index in [1.54, 1.807) is 18.2 Å². The molecule has 10 nitrogen and oxygen atoms in total. The van der Waals surface area contributed by atoms with Gasteiger partial charge in [0.2, 0.25) is 0 Å². The zero-order valence-electron chi connectivity index (χ0n) is 15.0. The maximum atomic E-state index is 12.2. The molecular weight excluding hydrogens is 370 g/mol. The maximum absolute atomic E-state index is 12.2. The summed E-state index contributed by atoms with van der Waals surface area (Å²) in [6, 6.07) is 8.41. The summed E-state index contributed by atoms with van der Waals surface area (Å²) in [5.41, 5.74) is 0.228. The van der Waals surface area contributed by atoms with Crippen LogP contribution >= 0.6 is 0 Å². The molecule has 3 N–H and O–H groups in total. The second kappa shape index (κ2) is 10.5. The number of benzene rings is 1. The summed E-state index contributed by atoms with van der Waals surface area (Å²) in [4.78, 5) is 47.4. The smallest absolute Gasteiger partial charge is 0.340 e. The van der Waals surface area contributed by atoms with Crippen molar-refractivity contribution in [3.05, 3.63) is 54.0 Å². The quantitative estimate of drug-likeness (QED) is 0.455. The second-order valence-electron chi connectivity index (χ2n) is 5.35. The Bertz CT molecular complexity index is 833. The fourth-order valence-electron chi connectivity index (χ4n) is 2.04. The van der Waals surface area contributed by atoms with Crippen LogP contribution < -0.4 is 16.0 Å². The molecule has 0 saturated heterocycles. The van der Waals surface area contributed by atoms with Crippen molar-refractivity contribution in [3.8, 4) is 0 Å². The molecule has 1 aromatic heterocycles. The number of methoxy groups -OCH3 is 1. The number of urea groups is 1. The zero-order valence-corrected chi connectivity index (χ0v) is 15.0. The number of rotatable bonds is 8. The molecule has 0 aliphatic carbocycles. The van der Waals surface area contributed by atoms with Crippen LogP contribution in [-0.4, -0.2) is 50.7 Å². The average Bonchev–Trinajstić information content (AvgIpc) is 3.22. The van der Waals surface area contributed by atoms with Gasteiger partial charge in [-0.15, -0.1) is 0 Å². The SMILES string of the molecule is COCCNC(=O)NC(=O)COC(=O)c1ccccc1NC(=O)c1ccco1. The van der Waals surface area contributed by atoms with Crippen LogP contribution in [0.4, 0.5) is 10.5 Å². The third-order valence-corrected chi connectivity index (χ3v) is 3.32. The minimum atomic E-state index is -0.842. The highest BCUT2D eigenvalue weighted by molar-refractivity contribution is 6.07. The molecule has 28 heavy (non-hydrogen) atoms. The van der Waals surface area contributed by atoms with Crippen LogP contribution in [-0.2, 0) is 14.3 Å². The number of furan rings is 1. The van der Waals surface area contributed by atoms with E-state index in [0.717, 1.165) is 0 Å². The first-order valence-electron chi connectivity index (χ1n) is 8.19. The number of carbonyl (C=O) groups is 4. The van der Waals surface area contributed by atoms with Gasteiger partial charge < -0.3 is 24.5 Å². The van der Waals surface area contributed by atoms with E-state index in [9.17, 15) is 19.2 Å². The molecule has 1 heterocycles. The molecule has 0 aliphatic rings. The minimum Gasteiger partial charge on any atom is -0.459 e. The lowest BCUT2D eigenvalue weighted by atomic mass is 10.1. The third kappa shape index (κ3) is 6.25. The largest absolute Gasteiger partial charge is 0.459 e. The van der Waals surface area contributed by atoms with E-state index in [2.05, 4.69) is 10.6 Å². The van der Waals surface area contributed by atoms with Crippen molar-refractivity contribution in [1.82, 2.24) is 10.6 Å². The summed E-state index contributed by atoms with van der Waals surface area (Å²) < 4.78 is 14.6. The third-order valence-electron chi connectivity index (χ3n) is 3.32. The molecule has 0 aliphatic heterocycles. The van der Waals surface area contributed by atoms with Crippen LogP contribution in [0.25, 0.3) is 0 Å². The van der Waals surface area contributed by atoms with Gasteiger partial charge in [-0.25, -0.2) is 9.59 Å². The van der Waals surface area contributed by atoms with E-state index in [-0.39, 0.29) is 30.2 Å². The Balaban J connectivity index is 1.89.